The van der Waals surface area contributed by atoms with Gasteiger partial charge in [0.2, 0.25) is 0 Å². The Kier molecular flexibility index (Phi) is 17.0. The SMILES string of the molecule is CCCCCCCCCCCCCCCC(=O)OC[C@@H]1O[C@H](O[C@H]2O[C@H](CO)[C@@H](O)[C@@H](O)[C@@H]2O)[C@@H](O)[C@H](O)[C@@H]1O. The third-order valence-electron chi connectivity index (χ3n) is 7.68. The molecule has 236 valence electrons. The van der Waals surface area contributed by atoms with Gasteiger partial charge in [0.25, 0.3) is 0 Å². The molecule has 12 nitrogen and oxygen atoms in total. The first-order valence-electron chi connectivity index (χ1n) is 15.0. The molecule has 0 aromatic rings. The molecule has 7 N–H and O–H groups in total. The van der Waals surface area contributed by atoms with E-state index < -0.39 is 80.6 Å². The van der Waals surface area contributed by atoms with Crippen molar-refractivity contribution in [3.05, 3.63) is 0 Å². The molecule has 0 aliphatic carbocycles. The number of esters is 1. The lowest BCUT2D eigenvalue weighted by Gasteiger charge is -2.44. The molecule has 2 aliphatic heterocycles. The first-order valence-corrected chi connectivity index (χ1v) is 15.0. The van der Waals surface area contributed by atoms with E-state index in [4.69, 9.17) is 18.9 Å². The maximum atomic E-state index is 12.2. The number of hydrogen-bond acceptors (Lipinski definition) is 12. The lowest BCUT2D eigenvalue weighted by molar-refractivity contribution is -0.376. The zero-order chi connectivity index (χ0) is 29.5. The van der Waals surface area contributed by atoms with Gasteiger partial charge in [-0.3, -0.25) is 4.79 Å². The largest absolute Gasteiger partial charge is 0.463 e. The van der Waals surface area contributed by atoms with E-state index in [0.29, 0.717) is 6.42 Å². The second kappa shape index (κ2) is 19.3. The van der Waals surface area contributed by atoms with Gasteiger partial charge in [-0.1, -0.05) is 84.0 Å². The molecule has 0 radical (unpaired) electrons. The van der Waals surface area contributed by atoms with Crippen molar-refractivity contribution >= 4 is 5.97 Å². The smallest absolute Gasteiger partial charge is 0.305 e. The monoisotopic (exact) mass is 580 g/mol. The molecule has 2 heterocycles. The average Bonchev–Trinajstić information content (AvgIpc) is 2.95. The van der Waals surface area contributed by atoms with E-state index in [1.54, 1.807) is 0 Å². The highest BCUT2D eigenvalue weighted by atomic mass is 16.8. The van der Waals surface area contributed by atoms with Crippen LogP contribution in [0.25, 0.3) is 0 Å². The van der Waals surface area contributed by atoms with Crippen LogP contribution in [0.4, 0.5) is 0 Å². The first kappa shape index (κ1) is 35.3. The number of ether oxygens (including phenoxy) is 4. The Bertz CT molecular complexity index is 680. The summed E-state index contributed by atoms with van der Waals surface area (Å²) in [6.07, 6.45) is -0.249. The number of rotatable bonds is 19. The highest BCUT2D eigenvalue weighted by Gasteiger charge is 2.49. The maximum Gasteiger partial charge on any atom is 0.305 e. The van der Waals surface area contributed by atoms with Gasteiger partial charge in [0, 0.05) is 6.42 Å². The summed E-state index contributed by atoms with van der Waals surface area (Å²) in [6.45, 7) is 1.14. The lowest BCUT2D eigenvalue weighted by Crippen LogP contribution is -2.63. The van der Waals surface area contributed by atoms with Gasteiger partial charge in [-0.25, -0.2) is 0 Å². The summed E-state index contributed by atoms with van der Waals surface area (Å²) in [5.74, 6) is -0.481. The summed E-state index contributed by atoms with van der Waals surface area (Å²) in [7, 11) is 0. The van der Waals surface area contributed by atoms with Crippen LogP contribution >= 0.6 is 0 Å². The summed E-state index contributed by atoms with van der Waals surface area (Å²) in [5, 5.41) is 70.1. The zero-order valence-corrected chi connectivity index (χ0v) is 23.8. The van der Waals surface area contributed by atoms with Crippen molar-refractivity contribution < 1.29 is 59.5 Å². The van der Waals surface area contributed by atoms with Crippen molar-refractivity contribution in [1.29, 1.82) is 0 Å². The van der Waals surface area contributed by atoms with Crippen LogP contribution in [-0.2, 0) is 23.7 Å². The minimum atomic E-state index is -1.76. The third-order valence-corrected chi connectivity index (χ3v) is 7.68. The highest BCUT2D eigenvalue weighted by Crippen LogP contribution is 2.28. The van der Waals surface area contributed by atoms with Gasteiger partial charge in [-0.15, -0.1) is 0 Å². The molecule has 0 saturated carbocycles. The standard InChI is InChI=1S/C28H52O12/c1-2-3-4-5-6-7-8-9-10-11-12-13-14-15-20(30)37-17-19-22(32)24(34)26(36)28(39-19)40-27-25(35)23(33)21(31)18(16-29)38-27/h18-19,21-29,31-36H,2-17H2,1H3/t18-,19+,21-,22-,23-,24-,25+,26+,27-,28-/m1/s1. The molecule has 0 bridgehead atoms. The van der Waals surface area contributed by atoms with Crippen molar-refractivity contribution in [2.75, 3.05) is 13.2 Å². The first-order chi connectivity index (χ1) is 19.2. The molecule has 0 aromatic carbocycles. The van der Waals surface area contributed by atoms with Gasteiger partial charge in [-0.05, 0) is 6.42 Å². The lowest BCUT2D eigenvalue weighted by atomic mass is 9.98. The van der Waals surface area contributed by atoms with Crippen molar-refractivity contribution in [2.24, 2.45) is 0 Å². The molecule has 12 heteroatoms. The van der Waals surface area contributed by atoms with E-state index in [1.165, 1.54) is 57.8 Å². The van der Waals surface area contributed by atoms with Crippen molar-refractivity contribution in [3.63, 3.8) is 0 Å². The number of hydrogen-bond donors (Lipinski definition) is 7. The summed E-state index contributed by atoms with van der Waals surface area (Å²) >= 11 is 0. The van der Waals surface area contributed by atoms with E-state index in [9.17, 15) is 40.5 Å². The Balaban J connectivity index is 1.64. The van der Waals surface area contributed by atoms with Crippen molar-refractivity contribution in [1.82, 2.24) is 0 Å². The highest BCUT2D eigenvalue weighted by molar-refractivity contribution is 5.69. The van der Waals surface area contributed by atoms with Crippen LogP contribution in [0.2, 0.25) is 0 Å². The minimum absolute atomic E-state index is 0.205. The Morgan fingerprint density at radius 1 is 0.600 bits per heavy atom. The molecule has 2 fully saturated rings. The fourth-order valence-corrected chi connectivity index (χ4v) is 5.01. The Hall–Kier alpha value is -0.930. The summed E-state index contributed by atoms with van der Waals surface area (Å²) in [4.78, 5) is 12.2. The van der Waals surface area contributed by atoms with Crippen molar-refractivity contribution in [2.45, 2.75) is 158 Å². The predicted octanol–water partition coefficient (Wildman–Crippen LogP) is 0.635. The van der Waals surface area contributed by atoms with E-state index >= 15 is 0 Å². The fraction of sp³-hybridized carbons (Fsp3) is 0.964. The minimum Gasteiger partial charge on any atom is -0.463 e. The fourth-order valence-electron chi connectivity index (χ4n) is 5.01. The van der Waals surface area contributed by atoms with Crippen LogP contribution < -0.4 is 0 Å². The van der Waals surface area contributed by atoms with Crippen molar-refractivity contribution in [3.8, 4) is 0 Å². The third kappa shape index (κ3) is 11.4. The quantitative estimate of drug-likeness (QED) is 0.0833. The normalized spacial score (nSPS) is 34.6. The van der Waals surface area contributed by atoms with E-state index in [1.807, 2.05) is 0 Å². The summed E-state index contributed by atoms with van der Waals surface area (Å²) < 4.78 is 21.3. The number of aliphatic hydroxyl groups excluding tert-OH is 7. The Morgan fingerprint density at radius 2 is 1.02 bits per heavy atom. The molecule has 10 atom stereocenters. The molecular formula is C28H52O12. The van der Waals surface area contributed by atoms with Gasteiger partial charge in [0.1, 0.15) is 55.4 Å². The van der Waals surface area contributed by atoms with E-state index in [0.717, 1.165) is 19.3 Å². The second-order valence-electron chi connectivity index (χ2n) is 11.0. The predicted molar refractivity (Wildman–Crippen MR) is 143 cm³/mol. The van der Waals surface area contributed by atoms with Crippen LogP contribution in [-0.4, -0.2) is 116 Å². The van der Waals surface area contributed by atoms with Gasteiger partial charge in [-0.2, -0.15) is 0 Å². The molecule has 0 spiro atoms. The number of unbranched alkanes of at least 4 members (excludes halogenated alkanes) is 12. The molecule has 0 aromatic heterocycles. The van der Waals surface area contributed by atoms with E-state index in [-0.39, 0.29) is 6.42 Å². The molecule has 0 amide bonds. The van der Waals surface area contributed by atoms with Crippen LogP contribution in [0.15, 0.2) is 0 Å². The number of carbonyl (C=O) groups is 1. The van der Waals surface area contributed by atoms with E-state index in [2.05, 4.69) is 6.92 Å². The molecule has 2 saturated heterocycles. The van der Waals surface area contributed by atoms with Gasteiger partial charge >= 0.3 is 5.97 Å². The average molecular weight is 581 g/mol. The Labute approximate surface area is 237 Å². The maximum absolute atomic E-state index is 12.2. The molecule has 2 rings (SSSR count). The molecule has 2 aliphatic rings. The van der Waals surface area contributed by atoms with Gasteiger partial charge < -0.3 is 54.7 Å². The molecule has 40 heavy (non-hydrogen) atoms. The molecular weight excluding hydrogens is 528 g/mol. The Morgan fingerprint density at radius 3 is 1.50 bits per heavy atom. The van der Waals surface area contributed by atoms with Crippen LogP contribution in [0.1, 0.15) is 96.8 Å². The summed E-state index contributed by atoms with van der Waals surface area (Å²) in [6, 6.07) is 0. The second-order valence-corrected chi connectivity index (χ2v) is 11.0. The topological polar surface area (TPSA) is 196 Å². The summed E-state index contributed by atoms with van der Waals surface area (Å²) in [5.41, 5.74) is 0. The van der Waals surface area contributed by atoms with Gasteiger partial charge in [0.15, 0.2) is 12.6 Å². The van der Waals surface area contributed by atoms with Gasteiger partial charge in [0.05, 0.1) is 6.61 Å². The molecule has 0 unspecified atom stereocenters. The van der Waals surface area contributed by atoms with Crippen LogP contribution in [0.5, 0.6) is 0 Å². The van der Waals surface area contributed by atoms with Crippen LogP contribution in [0, 0.1) is 0 Å². The number of carbonyl (C=O) groups excluding carboxylic acids is 1. The zero-order valence-electron chi connectivity index (χ0n) is 23.8. The van der Waals surface area contributed by atoms with Crippen LogP contribution in [0.3, 0.4) is 0 Å². The number of aliphatic hydroxyl groups is 7.